The molecule has 1 saturated heterocycles. The molecule has 1 aliphatic rings. The summed E-state index contributed by atoms with van der Waals surface area (Å²) in [4.78, 5) is 25.6. The fraction of sp³-hybridized carbons (Fsp3) is 0.706. The second kappa shape index (κ2) is 9.23. The molecule has 1 aromatic rings. The van der Waals surface area contributed by atoms with Gasteiger partial charge in [-0.3, -0.25) is 9.69 Å². The Morgan fingerprint density at radius 3 is 2.77 bits per heavy atom. The molecular formula is C17H28ClN3O5. The Bertz CT molecular complexity index is 614. The first kappa shape index (κ1) is 22.2. The quantitative estimate of drug-likeness (QED) is 0.771. The predicted octanol–water partition coefficient (Wildman–Crippen LogP) is 2.60. The Morgan fingerprint density at radius 2 is 2.15 bits per heavy atom. The van der Waals surface area contributed by atoms with E-state index >= 15 is 0 Å². The molecule has 0 saturated carbocycles. The maximum absolute atomic E-state index is 12.4. The molecule has 0 bridgehead atoms. The summed E-state index contributed by atoms with van der Waals surface area (Å²) < 4.78 is 15.6. The van der Waals surface area contributed by atoms with Crippen LogP contribution in [0.3, 0.4) is 0 Å². The van der Waals surface area contributed by atoms with Crippen molar-refractivity contribution >= 4 is 24.5 Å². The van der Waals surface area contributed by atoms with E-state index in [0.717, 1.165) is 12.8 Å². The molecule has 2 rings (SSSR count). The van der Waals surface area contributed by atoms with Gasteiger partial charge in [-0.2, -0.15) is 0 Å². The van der Waals surface area contributed by atoms with Crippen molar-refractivity contribution in [1.82, 2.24) is 10.1 Å². The minimum atomic E-state index is -0.800. The summed E-state index contributed by atoms with van der Waals surface area (Å²) in [5.41, 5.74) is 5.89. The van der Waals surface area contributed by atoms with Crippen molar-refractivity contribution in [3.63, 3.8) is 0 Å². The Kier molecular flexibility index (Phi) is 7.89. The van der Waals surface area contributed by atoms with Gasteiger partial charge in [0.25, 0.3) is 0 Å². The highest BCUT2D eigenvalue weighted by atomic mass is 35.5. The molecule has 148 valence electrons. The summed E-state index contributed by atoms with van der Waals surface area (Å²) in [7, 11) is 0. The van der Waals surface area contributed by atoms with Crippen molar-refractivity contribution in [2.75, 3.05) is 13.2 Å². The van der Waals surface area contributed by atoms with Gasteiger partial charge in [0.15, 0.2) is 0 Å². The zero-order valence-corrected chi connectivity index (χ0v) is 16.5. The van der Waals surface area contributed by atoms with Gasteiger partial charge in [-0.25, -0.2) is 4.79 Å². The first-order valence-corrected chi connectivity index (χ1v) is 8.58. The van der Waals surface area contributed by atoms with Crippen LogP contribution in [0.1, 0.15) is 58.0 Å². The molecule has 9 heteroatoms. The lowest BCUT2D eigenvalue weighted by Crippen LogP contribution is -2.36. The number of ether oxygens (including phenoxy) is 2. The Balaban J connectivity index is 0.00000338. The summed E-state index contributed by atoms with van der Waals surface area (Å²) >= 11 is 0. The summed E-state index contributed by atoms with van der Waals surface area (Å²) in [6.07, 6.45) is 1.50. The normalized spacial score (nSPS) is 18.2. The van der Waals surface area contributed by atoms with Crippen LogP contribution < -0.4 is 5.73 Å². The topological polar surface area (TPSA) is 108 Å². The fourth-order valence-electron chi connectivity index (χ4n) is 2.74. The van der Waals surface area contributed by atoms with Crippen LogP contribution in [0.4, 0.5) is 4.79 Å². The smallest absolute Gasteiger partial charge is 0.410 e. The average molecular weight is 390 g/mol. The molecule has 0 aliphatic carbocycles. The highest BCUT2D eigenvalue weighted by molar-refractivity contribution is 5.85. The molecule has 0 spiro atoms. The van der Waals surface area contributed by atoms with Gasteiger partial charge in [-0.05, 0) is 40.5 Å². The molecule has 2 unspecified atom stereocenters. The van der Waals surface area contributed by atoms with Gasteiger partial charge < -0.3 is 19.7 Å². The first-order valence-electron chi connectivity index (χ1n) is 8.58. The number of hydrogen-bond acceptors (Lipinski definition) is 7. The lowest BCUT2D eigenvalue weighted by molar-refractivity contribution is -0.144. The van der Waals surface area contributed by atoms with Gasteiger partial charge in [0.1, 0.15) is 23.1 Å². The fourth-order valence-corrected chi connectivity index (χ4v) is 2.74. The number of amides is 1. The molecule has 8 nitrogen and oxygen atoms in total. The summed E-state index contributed by atoms with van der Waals surface area (Å²) in [6.45, 7) is 8.12. The summed E-state index contributed by atoms with van der Waals surface area (Å²) in [5, 5.41) is 4.05. The molecule has 1 amide bonds. The molecule has 2 atom stereocenters. The van der Waals surface area contributed by atoms with Crippen molar-refractivity contribution < 1.29 is 23.6 Å². The second-order valence-electron chi connectivity index (χ2n) is 7.11. The summed E-state index contributed by atoms with van der Waals surface area (Å²) in [5.74, 6) is 0.0169. The highest BCUT2D eigenvalue weighted by Crippen LogP contribution is 2.33. The minimum absolute atomic E-state index is 0. The molecule has 1 aromatic heterocycles. The molecular weight excluding hydrogens is 362 g/mol. The third-order valence-electron chi connectivity index (χ3n) is 3.81. The lowest BCUT2D eigenvalue weighted by Gasteiger charge is -2.27. The zero-order chi connectivity index (χ0) is 18.6. The molecule has 1 aliphatic heterocycles. The number of nitrogens with zero attached hydrogens (tertiary/aromatic N) is 2. The standard InChI is InChI=1S/C17H27N3O5.ClH/c1-5-23-15(21)12(18)9-11-10-13(19-25-11)14-7-6-8-20(14)16(22)24-17(2,3)4;/h10,12,14H,5-9,18H2,1-4H3;1H. The van der Waals surface area contributed by atoms with E-state index in [9.17, 15) is 9.59 Å². The largest absolute Gasteiger partial charge is 0.465 e. The Hall–Kier alpha value is -1.80. The van der Waals surface area contributed by atoms with Crippen molar-refractivity contribution in [2.24, 2.45) is 5.73 Å². The van der Waals surface area contributed by atoms with Crippen molar-refractivity contribution in [3.05, 3.63) is 17.5 Å². The van der Waals surface area contributed by atoms with E-state index in [2.05, 4.69) is 5.16 Å². The van der Waals surface area contributed by atoms with Crippen molar-refractivity contribution in [1.29, 1.82) is 0 Å². The molecule has 0 aromatic carbocycles. The van der Waals surface area contributed by atoms with E-state index in [4.69, 9.17) is 19.7 Å². The SMILES string of the molecule is CCOC(=O)C(N)Cc1cc(C2CCCN2C(=O)OC(C)(C)C)no1.Cl. The van der Waals surface area contributed by atoms with Crippen LogP contribution in [-0.4, -0.2) is 46.9 Å². The van der Waals surface area contributed by atoms with Gasteiger partial charge >= 0.3 is 12.1 Å². The molecule has 2 heterocycles. The van der Waals surface area contributed by atoms with Crippen LogP contribution in [0.2, 0.25) is 0 Å². The number of rotatable bonds is 5. The van der Waals surface area contributed by atoms with Crippen LogP contribution in [0.5, 0.6) is 0 Å². The maximum Gasteiger partial charge on any atom is 0.410 e. The minimum Gasteiger partial charge on any atom is -0.465 e. The lowest BCUT2D eigenvalue weighted by atomic mass is 10.1. The van der Waals surface area contributed by atoms with Gasteiger partial charge in [0.2, 0.25) is 0 Å². The number of esters is 1. The monoisotopic (exact) mass is 389 g/mol. The number of nitrogens with two attached hydrogens (primary N) is 1. The van der Waals surface area contributed by atoms with E-state index in [0.29, 0.717) is 18.0 Å². The van der Waals surface area contributed by atoms with Gasteiger partial charge in [-0.1, -0.05) is 5.16 Å². The van der Waals surface area contributed by atoms with Crippen LogP contribution in [-0.2, 0) is 20.7 Å². The third kappa shape index (κ3) is 5.88. The third-order valence-corrected chi connectivity index (χ3v) is 3.81. The number of halogens is 1. The van der Waals surface area contributed by atoms with Crippen LogP contribution in [0, 0.1) is 0 Å². The van der Waals surface area contributed by atoms with Crippen LogP contribution in [0.25, 0.3) is 0 Å². The average Bonchev–Trinajstić information content (AvgIpc) is 3.13. The van der Waals surface area contributed by atoms with Gasteiger partial charge in [0.05, 0.1) is 12.6 Å². The Morgan fingerprint density at radius 1 is 1.46 bits per heavy atom. The highest BCUT2D eigenvalue weighted by Gasteiger charge is 2.35. The Labute approximate surface area is 159 Å². The zero-order valence-electron chi connectivity index (χ0n) is 15.7. The number of carbonyl (C=O) groups excluding carboxylic acids is 2. The molecule has 0 radical (unpaired) electrons. The number of carbonyl (C=O) groups is 2. The second-order valence-corrected chi connectivity index (χ2v) is 7.11. The van der Waals surface area contributed by atoms with E-state index in [-0.39, 0.29) is 37.6 Å². The number of hydrogen-bond donors (Lipinski definition) is 1. The van der Waals surface area contributed by atoms with Gasteiger partial charge in [0, 0.05) is 19.0 Å². The van der Waals surface area contributed by atoms with Crippen molar-refractivity contribution in [2.45, 2.75) is 64.6 Å². The molecule has 1 fully saturated rings. The van der Waals surface area contributed by atoms with Crippen molar-refractivity contribution in [3.8, 4) is 0 Å². The van der Waals surface area contributed by atoms with E-state index < -0.39 is 17.6 Å². The van der Waals surface area contributed by atoms with E-state index in [1.165, 1.54) is 0 Å². The van der Waals surface area contributed by atoms with E-state index in [1.807, 2.05) is 20.8 Å². The molecule has 2 N–H and O–H groups in total. The number of likely N-dealkylation sites (tertiary alicyclic amines) is 1. The maximum atomic E-state index is 12.4. The van der Waals surface area contributed by atoms with Gasteiger partial charge in [-0.15, -0.1) is 12.4 Å². The number of aromatic nitrogens is 1. The summed E-state index contributed by atoms with van der Waals surface area (Å²) in [6, 6.07) is 0.754. The van der Waals surface area contributed by atoms with Crippen LogP contribution >= 0.6 is 12.4 Å². The predicted molar refractivity (Wildman–Crippen MR) is 97.0 cm³/mol. The first-order chi connectivity index (χ1) is 11.7. The van der Waals surface area contributed by atoms with Crippen LogP contribution in [0.15, 0.2) is 10.6 Å². The van der Waals surface area contributed by atoms with E-state index in [1.54, 1.807) is 17.9 Å². The molecule has 26 heavy (non-hydrogen) atoms.